The summed E-state index contributed by atoms with van der Waals surface area (Å²) in [4.78, 5) is 12.5. The zero-order valence-electron chi connectivity index (χ0n) is 15.4. The maximum atomic E-state index is 12.5. The Morgan fingerprint density at radius 1 is 1.27 bits per heavy atom. The maximum Gasteiger partial charge on any atom is 0.229 e. The van der Waals surface area contributed by atoms with Crippen LogP contribution in [0.25, 0.3) is 0 Å². The highest BCUT2D eigenvalue weighted by Crippen LogP contribution is 2.26. The van der Waals surface area contributed by atoms with Gasteiger partial charge in [0.25, 0.3) is 0 Å². The molecular formula is C19H25N3O3S. The van der Waals surface area contributed by atoms with E-state index in [1.165, 1.54) is 0 Å². The second kappa shape index (κ2) is 6.87. The van der Waals surface area contributed by atoms with E-state index in [0.29, 0.717) is 18.8 Å². The largest absolute Gasteiger partial charge is 0.311 e. The van der Waals surface area contributed by atoms with Gasteiger partial charge in [0.1, 0.15) is 5.82 Å². The Hall–Kier alpha value is -2.15. The Bertz CT molecular complexity index is 896. The van der Waals surface area contributed by atoms with Crippen molar-refractivity contribution in [2.24, 2.45) is 5.92 Å². The van der Waals surface area contributed by atoms with Gasteiger partial charge in [0.05, 0.1) is 29.7 Å². The predicted molar refractivity (Wildman–Crippen MR) is 102 cm³/mol. The van der Waals surface area contributed by atoms with Gasteiger partial charge in [-0.05, 0) is 12.0 Å². The molecule has 3 rings (SSSR count). The van der Waals surface area contributed by atoms with E-state index < -0.39 is 15.8 Å². The quantitative estimate of drug-likeness (QED) is 0.891. The van der Waals surface area contributed by atoms with Gasteiger partial charge in [-0.25, -0.2) is 13.1 Å². The summed E-state index contributed by atoms with van der Waals surface area (Å²) in [5.41, 5.74) is 1.80. The molecular weight excluding hydrogens is 350 g/mol. The van der Waals surface area contributed by atoms with E-state index in [1.54, 1.807) is 4.68 Å². The summed E-state index contributed by atoms with van der Waals surface area (Å²) in [5.74, 6) is -0.119. The zero-order valence-corrected chi connectivity index (χ0v) is 16.2. The molecule has 6 nitrogen and oxygen atoms in total. The van der Waals surface area contributed by atoms with Crippen LogP contribution in [0.5, 0.6) is 0 Å². The molecule has 1 atom stereocenters. The molecule has 2 heterocycles. The Morgan fingerprint density at radius 3 is 2.54 bits per heavy atom. The molecule has 0 unspecified atom stereocenters. The highest BCUT2D eigenvalue weighted by Gasteiger charge is 2.33. The van der Waals surface area contributed by atoms with Crippen molar-refractivity contribution in [1.82, 2.24) is 9.78 Å². The van der Waals surface area contributed by atoms with Gasteiger partial charge >= 0.3 is 0 Å². The van der Waals surface area contributed by atoms with Crippen molar-refractivity contribution in [2.75, 3.05) is 16.8 Å². The number of amides is 1. The van der Waals surface area contributed by atoms with E-state index >= 15 is 0 Å². The molecule has 1 fully saturated rings. The first-order chi connectivity index (χ1) is 12.1. The lowest BCUT2D eigenvalue weighted by molar-refractivity contribution is -0.119. The molecule has 1 amide bonds. The fourth-order valence-electron chi connectivity index (χ4n) is 2.99. The predicted octanol–water partition coefficient (Wildman–Crippen LogP) is 2.60. The van der Waals surface area contributed by atoms with Crippen LogP contribution in [0.2, 0.25) is 0 Å². The fourth-order valence-corrected chi connectivity index (χ4v) is 4.73. The van der Waals surface area contributed by atoms with Crippen molar-refractivity contribution in [2.45, 2.75) is 39.2 Å². The molecule has 140 valence electrons. The van der Waals surface area contributed by atoms with Gasteiger partial charge in [0.15, 0.2) is 9.84 Å². The summed E-state index contributed by atoms with van der Waals surface area (Å²) in [5, 5.41) is 7.57. The van der Waals surface area contributed by atoms with Crippen LogP contribution in [0.3, 0.4) is 0 Å². The molecule has 1 aliphatic heterocycles. The molecule has 1 aliphatic rings. The number of carbonyl (C=O) groups excluding carboxylic acids is 1. The van der Waals surface area contributed by atoms with Gasteiger partial charge in [0.2, 0.25) is 5.91 Å². The lowest BCUT2D eigenvalue weighted by Gasteiger charge is -2.14. The lowest BCUT2D eigenvalue weighted by Crippen LogP contribution is -2.25. The van der Waals surface area contributed by atoms with E-state index in [0.717, 1.165) is 11.3 Å². The van der Waals surface area contributed by atoms with Crippen molar-refractivity contribution in [3.05, 3.63) is 47.7 Å². The number of hydrogen-bond acceptors (Lipinski definition) is 4. The van der Waals surface area contributed by atoms with Crippen molar-refractivity contribution in [3.63, 3.8) is 0 Å². The van der Waals surface area contributed by atoms with Crippen LogP contribution in [-0.4, -0.2) is 35.6 Å². The smallest absolute Gasteiger partial charge is 0.229 e. The van der Waals surface area contributed by atoms with Crippen molar-refractivity contribution in [3.8, 4) is 0 Å². The second-order valence-corrected chi connectivity index (χ2v) is 10.1. The lowest BCUT2D eigenvalue weighted by atomic mass is 9.92. The third-order valence-corrected chi connectivity index (χ3v) is 6.35. The van der Waals surface area contributed by atoms with Crippen LogP contribution < -0.4 is 5.32 Å². The monoisotopic (exact) mass is 375 g/mol. The first-order valence-electron chi connectivity index (χ1n) is 8.78. The fraction of sp³-hybridized carbons (Fsp3) is 0.474. The van der Waals surface area contributed by atoms with Gasteiger partial charge in [-0.1, -0.05) is 51.1 Å². The molecule has 1 aromatic heterocycles. The number of nitrogens with one attached hydrogen (secondary N) is 1. The molecule has 0 saturated carbocycles. The summed E-state index contributed by atoms with van der Waals surface area (Å²) < 4.78 is 25.1. The second-order valence-electron chi connectivity index (χ2n) is 7.90. The first kappa shape index (κ1) is 18.6. The van der Waals surface area contributed by atoms with Crippen molar-refractivity contribution in [1.29, 1.82) is 0 Å². The zero-order chi connectivity index (χ0) is 18.9. The van der Waals surface area contributed by atoms with Gasteiger partial charge < -0.3 is 5.32 Å². The number of aromatic nitrogens is 2. The van der Waals surface area contributed by atoms with E-state index in [1.807, 2.05) is 36.4 Å². The molecule has 0 spiro atoms. The van der Waals surface area contributed by atoms with E-state index in [2.05, 4.69) is 31.2 Å². The molecule has 7 heteroatoms. The average molecular weight is 375 g/mol. The third-order valence-electron chi connectivity index (χ3n) is 4.58. The van der Waals surface area contributed by atoms with Gasteiger partial charge in [0, 0.05) is 11.5 Å². The van der Waals surface area contributed by atoms with Crippen molar-refractivity contribution < 1.29 is 13.2 Å². The Balaban J connectivity index is 1.85. The van der Waals surface area contributed by atoms with E-state index in [4.69, 9.17) is 0 Å². The topological polar surface area (TPSA) is 81.1 Å². The number of anilines is 1. The Morgan fingerprint density at radius 2 is 1.96 bits per heavy atom. The highest BCUT2D eigenvalue weighted by atomic mass is 32.2. The van der Waals surface area contributed by atoms with Crippen LogP contribution in [0.1, 0.15) is 38.4 Å². The Kier molecular flexibility index (Phi) is 4.92. The SMILES string of the molecule is CC(C)(C)c1cc(NC(=O)[C@@H]2CCS(=O)(=O)C2)n(Cc2ccccc2)n1. The van der Waals surface area contributed by atoms with Gasteiger partial charge in [-0.3, -0.25) is 4.79 Å². The molecule has 1 N–H and O–H groups in total. The summed E-state index contributed by atoms with van der Waals surface area (Å²) in [7, 11) is -3.09. The number of rotatable bonds is 4. The van der Waals surface area contributed by atoms with E-state index in [9.17, 15) is 13.2 Å². The average Bonchev–Trinajstić information content (AvgIpc) is 3.12. The van der Waals surface area contributed by atoms with Crippen molar-refractivity contribution >= 4 is 21.6 Å². The normalized spacial score (nSPS) is 19.4. The van der Waals surface area contributed by atoms with Crippen LogP contribution >= 0.6 is 0 Å². The van der Waals surface area contributed by atoms with Gasteiger partial charge in [-0.15, -0.1) is 0 Å². The number of nitrogens with zero attached hydrogens (tertiary/aromatic N) is 2. The Labute approximate surface area is 154 Å². The minimum absolute atomic E-state index is 0.0716. The molecule has 0 radical (unpaired) electrons. The van der Waals surface area contributed by atoms with Crippen LogP contribution in [-0.2, 0) is 26.6 Å². The number of hydrogen-bond donors (Lipinski definition) is 1. The minimum Gasteiger partial charge on any atom is -0.311 e. The first-order valence-corrected chi connectivity index (χ1v) is 10.6. The van der Waals surface area contributed by atoms with Crippen LogP contribution in [0.15, 0.2) is 36.4 Å². The molecule has 26 heavy (non-hydrogen) atoms. The van der Waals surface area contributed by atoms with Crippen LogP contribution in [0.4, 0.5) is 5.82 Å². The van der Waals surface area contributed by atoms with E-state index in [-0.39, 0.29) is 22.8 Å². The summed E-state index contributed by atoms with van der Waals surface area (Å²) in [6, 6.07) is 11.8. The highest BCUT2D eigenvalue weighted by molar-refractivity contribution is 7.91. The molecule has 1 saturated heterocycles. The molecule has 1 aromatic carbocycles. The maximum absolute atomic E-state index is 12.5. The molecule has 2 aromatic rings. The molecule has 0 aliphatic carbocycles. The molecule has 0 bridgehead atoms. The summed E-state index contributed by atoms with van der Waals surface area (Å²) >= 11 is 0. The summed E-state index contributed by atoms with van der Waals surface area (Å²) in [6.07, 6.45) is 0.382. The number of sulfone groups is 1. The van der Waals surface area contributed by atoms with Gasteiger partial charge in [-0.2, -0.15) is 5.10 Å². The third kappa shape index (κ3) is 4.33. The summed E-state index contributed by atoms with van der Waals surface area (Å²) in [6.45, 7) is 6.74. The minimum atomic E-state index is -3.09. The number of benzene rings is 1. The standard InChI is InChI=1S/C19H25N3O3S/c1-19(2,3)16-11-17(20-18(23)15-9-10-26(24,25)13-15)22(21-16)12-14-7-5-4-6-8-14/h4-8,11,15H,9-10,12-13H2,1-3H3,(H,20,23)/t15-/m1/s1. The van der Waals surface area contributed by atoms with Crippen LogP contribution in [0, 0.1) is 5.92 Å². The number of carbonyl (C=O) groups is 1.